The second-order valence-electron chi connectivity index (χ2n) is 6.18. The lowest BCUT2D eigenvalue weighted by atomic mass is 9.95. The van der Waals surface area contributed by atoms with Crippen LogP contribution in [0.2, 0.25) is 0 Å². The van der Waals surface area contributed by atoms with Gasteiger partial charge in [-0.3, -0.25) is 9.59 Å². The summed E-state index contributed by atoms with van der Waals surface area (Å²) in [6, 6.07) is 5.72. The van der Waals surface area contributed by atoms with E-state index in [0.29, 0.717) is 22.6 Å². The van der Waals surface area contributed by atoms with Crippen molar-refractivity contribution in [2.45, 2.75) is 18.8 Å². The smallest absolute Gasteiger partial charge is 0.343 e. The van der Waals surface area contributed by atoms with Gasteiger partial charge in [-0.25, -0.2) is 4.79 Å². The van der Waals surface area contributed by atoms with Crippen LogP contribution in [0.15, 0.2) is 58.1 Å². The van der Waals surface area contributed by atoms with Crippen molar-refractivity contribution in [3.63, 3.8) is 0 Å². The van der Waals surface area contributed by atoms with Gasteiger partial charge in [0, 0.05) is 26.8 Å². The average molecular weight is 449 g/mol. The summed E-state index contributed by atoms with van der Waals surface area (Å²) in [6.45, 7) is 0. The summed E-state index contributed by atoms with van der Waals surface area (Å²) in [6.07, 6.45) is 3.65. The van der Waals surface area contributed by atoms with Gasteiger partial charge in [-0.2, -0.15) is 0 Å². The van der Waals surface area contributed by atoms with Crippen molar-refractivity contribution in [2.75, 3.05) is 5.08 Å². The van der Waals surface area contributed by atoms with Crippen LogP contribution < -0.4 is 0 Å². The zero-order valence-corrected chi connectivity index (χ0v) is 17.4. The summed E-state index contributed by atoms with van der Waals surface area (Å²) in [5, 5.41) is 21.0. The fraction of sp³-hybridized carbons (Fsp3) is 0.200. The monoisotopic (exact) mass is 448 g/mol. The Kier molecular flexibility index (Phi) is 6.94. The number of carboxylic acids is 2. The van der Waals surface area contributed by atoms with E-state index in [9.17, 15) is 19.5 Å². The van der Waals surface area contributed by atoms with Crippen LogP contribution >= 0.6 is 35.7 Å². The second-order valence-corrected chi connectivity index (χ2v) is 8.91. The number of ether oxygens (including phenoxy) is 1. The Hall–Kier alpha value is -2.36. The molecule has 29 heavy (non-hydrogen) atoms. The minimum Gasteiger partial charge on any atom is -0.481 e. The number of rotatable bonds is 7. The molecule has 2 aliphatic rings. The Balaban J connectivity index is 1.81. The summed E-state index contributed by atoms with van der Waals surface area (Å²) in [5.74, 6) is -3.84. The maximum Gasteiger partial charge on any atom is 0.343 e. The van der Waals surface area contributed by atoms with E-state index in [1.165, 1.54) is 24.3 Å². The number of hydrogen-bond acceptors (Lipinski definition) is 7. The first-order valence-electron chi connectivity index (χ1n) is 8.52. The maximum absolute atomic E-state index is 12.6. The number of thioether (sulfide) groups is 2. The van der Waals surface area contributed by atoms with Crippen LogP contribution in [0.3, 0.4) is 0 Å². The Labute approximate surface area is 180 Å². The highest BCUT2D eigenvalue weighted by molar-refractivity contribution is 8.22. The number of carboxylic acid groups (broad SMARTS) is 2. The molecular weight excluding hydrogens is 432 g/mol. The van der Waals surface area contributed by atoms with E-state index in [1.54, 1.807) is 29.6 Å². The van der Waals surface area contributed by atoms with Crippen molar-refractivity contribution in [2.24, 2.45) is 0 Å². The van der Waals surface area contributed by atoms with Crippen molar-refractivity contribution in [1.29, 1.82) is 0 Å². The lowest BCUT2D eigenvalue weighted by Gasteiger charge is -2.17. The van der Waals surface area contributed by atoms with Crippen molar-refractivity contribution >= 4 is 58.5 Å². The molecule has 1 unspecified atom stereocenters. The molecule has 1 aromatic carbocycles. The molecule has 1 aliphatic carbocycles. The molecule has 0 saturated carbocycles. The largest absolute Gasteiger partial charge is 0.481 e. The number of benzene rings is 1. The van der Waals surface area contributed by atoms with Gasteiger partial charge in [0.25, 0.3) is 0 Å². The highest BCUT2D eigenvalue weighted by Crippen LogP contribution is 2.40. The number of aliphatic carboxylic acids is 2. The van der Waals surface area contributed by atoms with E-state index in [2.05, 4.69) is 0 Å². The maximum atomic E-state index is 12.6. The third-order valence-corrected chi connectivity index (χ3v) is 6.82. The number of carbonyl (C=O) groups excluding carboxylic acids is 1. The standard InChI is InChI=1S/C20H16O6S3/c21-17(22)8-13(19(23)24)11-4-6-12(7-5-11)20(25)26-14-2-1-3-15(27)18(14)16-9-28-10-29-16/h1-2,4-7,9,13H,3,8,10H2,(H,21,22)(H,23,24). The lowest BCUT2D eigenvalue weighted by molar-refractivity contribution is -0.145. The number of hydrogen-bond donors (Lipinski definition) is 2. The third-order valence-electron chi connectivity index (χ3n) is 4.25. The molecule has 0 fully saturated rings. The van der Waals surface area contributed by atoms with E-state index >= 15 is 0 Å². The fourth-order valence-electron chi connectivity index (χ4n) is 2.84. The Morgan fingerprint density at radius 3 is 2.48 bits per heavy atom. The SMILES string of the molecule is O=C(O)CC(C(=O)O)c1ccc(C(=O)OC2=C(C3=CSCS3)C(=S)CC=C2)cc1. The van der Waals surface area contributed by atoms with Gasteiger partial charge in [-0.1, -0.05) is 30.4 Å². The molecule has 1 heterocycles. The molecule has 2 N–H and O–H groups in total. The van der Waals surface area contributed by atoms with Gasteiger partial charge in [-0.15, -0.1) is 23.5 Å². The van der Waals surface area contributed by atoms with E-state index < -0.39 is 30.2 Å². The summed E-state index contributed by atoms with van der Waals surface area (Å²) in [5.41, 5.74) is 1.29. The molecule has 150 valence electrons. The molecule has 0 aromatic heterocycles. The van der Waals surface area contributed by atoms with Crippen LogP contribution in [-0.4, -0.2) is 38.1 Å². The topological polar surface area (TPSA) is 101 Å². The van der Waals surface area contributed by atoms with E-state index in [0.717, 1.165) is 15.6 Å². The van der Waals surface area contributed by atoms with Crippen molar-refractivity contribution < 1.29 is 29.3 Å². The molecule has 3 rings (SSSR count). The average Bonchev–Trinajstić information content (AvgIpc) is 3.20. The van der Waals surface area contributed by atoms with E-state index in [1.807, 2.05) is 11.5 Å². The molecule has 9 heteroatoms. The van der Waals surface area contributed by atoms with Gasteiger partial charge in [0.1, 0.15) is 5.76 Å². The zero-order valence-electron chi connectivity index (χ0n) is 15.0. The van der Waals surface area contributed by atoms with Crippen molar-refractivity contribution in [3.8, 4) is 0 Å². The quantitative estimate of drug-likeness (QED) is 0.466. The Bertz CT molecular complexity index is 959. The van der Waals surface area contributed by atoms with Gasteiger partial charge in [0.05, 0.1) is 17.9 Å². The summed E-state index contributed by atoms with van der Waals surface area (Å²) >= 11 is 8.75. The molecule has 1 aliphatic heterocycles. The molecule has 0 spiro atoms. The van der Waals surface area contributed by atoms with Crippen LogP contribution in [0.25, 0.3) is 0 Å². The second kappa shape index (κ2) is 9.43. The predicted molar refractivity (Wildman–Crippen MR) is 116 cm³/mol. The Morgan fingerprint density at radius 2 is 1.90 bits per heavy atom. The van der Waals surface area contributed by atoms with E-state index in [-0.39, 0.29) is 5.56 Å². The number of carbonyl (C=O) groups is 3. The van der Waals surface area contributed by atoms with Crippen LogP contribution in [0.4, 0.5) is 0 Å². The Morgan fingerprint density at radius 1 is 1.17 bits per heavy atom. The van der Waals surface area contributed by atoms with Crippen molar-refractivity contribution in [1.82, 2.24) is 0 Å². The number of esters is 1. The highest BCUT2D eigenvalue weighted by Gasteiger charge is 2.25. The minimum absolute atomic E-state index is 0.229. The van der Waals surface area contributed by atoms with E-state index in [4.69, 9.17) is 22.1 Å². The summed E-state index contributed by atoms with van der Waals surface area (Å²) in [4.78, 5) is 36.5. The molecular formula is C20H16O6S3. The van der Waals surface area contributed by atoms with Gasteiger partial charge in [-0.05, 0) is 29.2 Å². The van der Waals surface area contributed by atoms with Gasteiger partial charge >= 0.3 is 17.9 Å². The normalized spacial score (nSPS) is 17.1. The molecule has 0 bridgehead atoms. The van der Waals surface area contributed by atoms with Gasteiger partial charge < -0.3 is 14.9 Å². The first-order valence-corrected chi connectivity index (χ1v) is 11.0. The zero-order chi connectivity index (χ0) is 21.0. The van der Waals surface area contributed by atoms with Crippen LogP contribution in [0.5, 0.6) is 0 Å². The molecule has 6 nitrogen and oxygen atoms in total. The molecule has 0 amide bonds. The minimum atomic E-state index is -1.24. The van der Waals surface area contributed by atoms with Gasteiger partial charge in [0.15, 0.2) is 0 Å². The van der Waals surface area contributed by atoms with Crippen LogP contribution in [0, 0.1) is 0 Å². The summed E-state index contributed by atoms with van der Waals surface area (Å²) < 4.78 is 5.58. The predicted octanol–water partition coefficient (Wildman–Crippen LogP) is 4.35. The first kappa shape index (κ1) is 21.4. The highest BCUT2D eigenvalue weighted by atomic mass is 32.2. The van der Waals surface area contributed by atoms with Crippen LogP contribution in [-0.2, 0) is 14.3 Å². The first-order chi connectivity index (χ1) is 13.9. The number of thiocarbonyl (C=S) groups is 1. The van der Waals surface area contributed by atoms with Gasteiger partial charge in [0.2, 0.25) is 0 Å². The fourth-order valence-corrected chi connectivity index (χ4v) is 5.38. The molecule has 0 radical (unpaired) electrons. The number of allylic oxidation sites excluding steroid dienone is 3. The third kappa shape index (κ3) is 5.17. The van der Waals surface area contributed by atoms with Crippen LogP contribution in [0.1, 0.15) is 34.7 Å². The molecule has 1 aromatic rings. The molecule has 1 atom stereocenters. The molecule has 0 saturated heterocycles. The summed E-state index contributed by atoms with van der Waals surface area (Å²) in [7, 11) is 0. The lowest BCUT2D eigenvalue weighted by Crippen LogP contribution is -2.16. The van der Waals surface area contributed by atoms with Crippen molar-refractivity contribution in [3.05, 3.63) is 69.2 Å².